The predicted octanol–water partition coefficient (Wildman–Crippen LogP) is 1.16. The molecule has 1 fully saturated rings. The van der Waals surface area contributed by atoms with Gasteiger partial charge in [-0.3, -0.25) is 20.0 Å². The van der Waals surface area contributed by atoms with E-state index in [2.05, 4.69) is 4.98 Å². The minimum absolute atomic E-state index is 0.0665. The van der Waals surface area contributed by atoms with Gasteiger partial charge in [0.15, 0.2) is 0 Å². The number of imide groups is 1. The molecular formula is C9H6F3N3O2. The molecule has 0 aliphatic carbocycles. The number of rotatable bonds is 1. The van der Waals surface area contributed by atoms with Gasteiger partial charge in [-0.05, 0) is 6.07 Å². The molecule has 0 atom stereocenters. The van der Waals surface area contributed by atoms with Gasteiger partial charge in [0.1, 0.15) is 6.54 Å². The molecule has 2 rings (SSSR count). The minimum atomic E-state index is -4.54. The number of hydrogen-bond acceptors (Lipinski definition) is 3. The maximum absolute atomic E-state index is 12.4. The molecule has 0 spiro atoms. The molecule has 2 heterocycles. The second-order valence-corrected chi connectivity index (χ2v) is 3.37. The smallest absolute Gasteiger partial charge is 0.283 e. The van der Waals surface area contributed by atoms with Crippen LogP contribution in [0.1, 0.15) is 5.56 Å². The van der Waals surface area contributed by atoms with Gasteiger partial charge in [-0.2, -0.15) is 13.2 Å². The van der Waals surface area contributed by atoms with Crippen LogP contribution in [0.2, 0.25) is 0 Å². The summed E-state index contributed by atoms with van der Waals surface area (Å²) in [6.07, 6.45) is -2.80. The molecule has 1 aliphatic heterocycles. The maximum atomic E-state index is 12.4. The van der Waals surface area contributed by atoms with Crippen molar-refractivity contribution in [1.29, 1.82) is 0 Å². The van der Waals surface area contributed by atoms with E-state index in [1.165, 1.54) is 0 Å². The number of alkyl halides is 3. The van der Waals surface area contributed by atoms with Crippen LogP contribution >= 0.6 is 0 Å². The van der Waals surface area contributed by atoms with Crippen molar-refractivity contribution in [1.82, 2.24) is 10.3 Å². The van der Waals surface area contributed by atoms with Crippen LogP contribution in [0.15, 0.2) is 18.5 Å². The van der Waals surface area contributed by atoms with Crippen LogP contribution in [-0.2, 0) is 11.0 Å². The molecule has 1 aliphatic rings. The van der Waals surface area contributed by atoms with E-state index in [0.29, 0.717) is 6.20 Å². The Hall–Kier alpha value is -2.12. The van der Waals surface area contributed by atoms with Gasteiger partial charge in [-0.15, -0.1) is 0 Å². The summed E-state index contributed by atoms with van der Waals surface area (Å²) < 4.78 is 37.2. The number of hydrogen-bond donors (Lipinski definition) is 1. The first-order valence-corrected chi connectivity index (χ1v) is 4.51. The summed E-state index contributed by atoms with van der Waals surface area (Å²) in [4.78, 5) is 26.4. The summed E-state index contributed by atoms with van der Waals surface area (Å²) in [5.41, 5.74) is -1.04. The Balaban J connectivity index is 2.34. The number of anilines is 1. The Labute approximate surface area is 93.2 Å². The first-order valence-electron chi connectivity index (χ1n) is 4.51. The zero-order valence-electron chi connectivity index (χ0n) is 8.28. The Kier molecular flexibility index (Phi) is 2.49. The maximum Gasteiger partial charge on any atom is 0.417 e. The number of aromatic nitrogens is 1. The molecule has 0 unspecified atom stereocenters. The van der Waals surface area contributed by atoms with Crippen LogP contribution in [0.25, 0.3) is 0 Å². The average Bonchev–Trinajstić information content (AvgIpc) is 2.57. The molecule has 8 heteroatoms. The minimum Gasteiger partial charge on any atom is -0.283 e. The fourth-order valence-corrected chi connectivity index (χ4v) is 1.38. The number of nitrogens with zero attached hydrogens (tertiary/aromatic N) is 2. The molecule has 1 aromatic heterocycles. The van der Waals surface area contributed by atoms with Gasteiger partial charge in [-0.25, -0.2) is 4.79 Å². The molecule has 90 valence electrons. The first kappa shape index (κ1) is 11.4. The van der Waals surface area contributed by atoms with Gasteiger partial charge < -0.3 is 0 Å². The van der Waals surface area contributed by atoms with Crippen molar-refractivity contribution in [2.75, 3.05) is 11.4 Å². The van der Waals surface area contributed by atoms with Crippen LogP contribution in [0.5, 0.6) is 0 Å². The molecule has 3 amide bonds. The average molecular weight is 245 g/mol. The van der Waals surface area contributed by atoms with Gasteiger partial charge in [0.25, 0.3) is 0 Å². The summed E-state index contributed by atoms with van der Waals surface area (Å²) in [5, 5.41) is 1.96. The number of nitrogens with one attached hydrogen (secondary N) is 1. The van der Waals surface area contributed by atoms with Gasteiger partial charge in [0, 0.05) is 6.20 Å². The molecule has 0 bridgehead atoms. The first-order chi connectivity index (χ1) is 7.88. The predicted molar refractivity (Wildman–Crippen MR) is 50.1 cm³/mol. The molecule has 1 saturated heterocycles. The van der Waals surface area contributed by atoms with Crippen LogP contribution in [0, 0.1) is 0 Å². The molecule has 17 heavy (non-hydrogen) atoms. The van der Waals surface area contributed by atoms with E-state index >= 15 is 0 Å². The van der Waals surface area contributed by atoms with Crippen molar-refractivity contribution in [2.24, 2.45) is 0 Å². The van der Waals surface area contributed by atoms with Crippen molar-refractivity contribution in [3.63, 3.8) is 0 Å². The lowest BCUT2D eigenvalue weighted by Crippen LogP contribution is -2.28. The third kappa shape index (κ3) is 2.19. The lowest BCUT2D eigenvalue weighted by atomic mass is 10.2. The monoisotopic (exact) mass is 245 g/mol. The lowest BCUT2D eigenvalue weighted by molar-refractivity contribution is -0.137. The SMILES string of the molecule is O=C1CN(c2cncc(C(F)(F)F)c2)C(=O)N1. The van der Waals surface area contributed by atoms with Crippen molar-refractivity contribution in [2.45, 2.75) is 6.18 Å². The number of carbonyl (C=O) groups is 2. The van der Waals surface area contributed by atoms with Crippen LogP contribution in [0.4, 0.5) is 23.7 Å². The van der Waals surface area contributed by atoms with Crippen molar-refractivity contribution < 1.29 is 22.8 Å². The second kappa shape index (κ2) is 3.72. The van der Waals surface area contributed by atoms with E-state index in [9.17, 15) is 22.8 Å². The quantitative estimate of drug-likeness (QED) is 0.755. The standard InChI is InChI=1S/C9H6F3N3O2/c10-9(11,12)5-1-6(3-13-2-5)15-4-7(16)14-8(15)17/h1-3H,4H2,(H,14,16,17). The molecular weight excluding hydrogens is 239 g/mol. The van der Waals surface area contributed by atoms with E-state index in [1.807, 2.05) is 5.32 Å². The fraction of sp³-hybridized carbons (Fsp3) is 0.222. The lowest BCUT2D eigenvalue weighted by Gasteiger charge is -2.14. The Bertz CT molecular complexity index is 487. The third-order valence-corrected chi connectivity index (χ3v) is 2.16. The highest BCUT2D eigenvalue weighted by molar-refractivity contribution is 6.12. The second-order valence-electron chi connectivity index (χ2n) is 3.37. The number of urea groups is 1. The highest BCUT2D eigenvalue weighted by atomic mass is 19.4. The Morgan fingerprint density at radius 3 is 2.53 bits per heavy atom. The van der Waals surface area contributed by atoms with E-state index in [1.54, 1.807) is 0 Å². The van der Waals surface area contributed by atoms with Crippen molar-refractivity contribution in [3.8, 4) is 0 Å². The van der Waals surface area contributed by atoms with Crippen LogP contribution < -0.4 is 10.2 Å². The summed E-state index contributed by atoms with van der Waals surface area (Å²) in [6, 6.07) is 0.0154. The topological polar surface area (TPSA) is 62.3 Å². The van der Waals surface area contributed by atoms with Crippen molar-refractivity contribution in [3.05, 3.63) is 24.0 Å². The summed E-state index contributed by atoms with van der Waals surface area (Å²) in [5.74, 6) is -0.563. The van der Waals surface area contributed by atoms with Crippen molar-refractivity contribution >= 4 is 17.6 Å². The highest BCUT2D eigenvalue weighted by Gasteiger charge is 2.33. The van der Waals surface area contributed by atoms with E-state index in [0.717, 1.165) is 17.2 Å². The molecule has 5 nitrogen and oxygen atoms in total. The van der Waals surface area contributed by atoms with E-state index in [4.69, 9.17) is 0 Å². The molecule has 0 radical (unpaired) electrons. The molecule has 1 N–H and O–H groups in total. The third-order valence-electron chi connectivity index (χ3n) is 2.16. The van der Waals surface area contributed by atoms with E-state index < -0.39 is 23.7 Å². The summed E-state index contributed by atoms with van der Waals surface area (Å²) >= 11 is 0. The molecule has 1 aromatic rings. The van der Waals surface area contributed by atoms with Gasteiger partial charge in [0.05, 0.1) is 17.4 Å². The van der Waals surface area contributed by atoms with Crippen LogP contribution in [0.3, 0.4) is 0 Å². The number of halogens is 3. The zero-order chi connectivity index (χ0) is 12.6. The normalized spacial score (nSPS) is 16.3. The Morgan fingerprint density at radius 1 is 1.29 bits per heavy atom. The molecule has 0 saturated carbocycles. The summed E-state index contributed by atoms with van der Waals surface area (Å²) in [6.45, 7) is -0.304. The molecule has 0 aromatic carbocycles. The zero-order valence-corrected chi connectivity index (χ0v) is 8.28. The number of carbonyl (C=O) groups excluding carboxylic acids is 2. The largest absolute Gasteiger partial charge is 0.417 e. The fourth-order valence-electron chi connectivity index (χ4n) is 1.38. The van der Waals surface area contributed by atoms with E-state index in [-0.39, 0.29) is 12.2 Å². The van der Waals surface area contributed by atoms with Gasteiger partial charge in [0.2, 0.25) is 5.91 Å². The van der Waals surface area contributed by atoms with Gasteiger partial charge >= 0.3 is 12.2 Å². The number of amides is 3. The Morgan fingerprint density at radius 2 is 2.00 bits per heavy atom. The highest BCUT2D eigenvalue weighted by Crippen LogP contribution is 2.31. The summed E-state index contributed by atoms with van der Waals surface area (Å²) in [7, 11) is 0. The van der Waals surface area contributed by atoms with Crippen LogP contribution in [-0.4, -0.2) is 23.5 Å². The number of pyridine rings is 1. The van der Waals surface area contributed by atoms with Gasteiger partial charge in [-0.1, -0.05) is 0 Å².